The average molecular weight is 484 g/mol. The molecule has 0 heterocycles. The van der Waals surface area contributed by atoms with Gasteiger partial charge in [0.15, 0.2) is 0 Å². The number of hydrogen-bond acceptors (Lipinski definition) is 0. The highest BCUT2D eigenvalue weighted by atomic mass is 79.9. The lowest BCUT2D eigenvalue weighted by molar-refractivity contribution is 1.43. The molecule has 0 aromatic heterocycles. The Morgan fingerprint density at radius 2 is 1.10 bits per heavy atom. The van der Waals surface area contributed by atoms with Crippen LogP contribution >= 0.6 is 39.1 Å². The Bertz CT molecular complexity index is 1060. The molecule has 0 atom stereocenters. The number of halogens is 3. The Hall–Kier alpha value is -2.06. The molecule has 0 aliphatic carbocycles. The Balaban J connectivity index is 0.000000166. The molecule has 0 fully saturated rings. The van der Waals surface area contributed by atoms with Crippen molar-refractivity contribution in [2.45, 2.75) is 12.3 Å². The Morgan fingerprint density at radius 1 is 0.621 bits per heavy atom. The normalized spacial score (nSPS) is 10.2. The molecule has 0 aliphatic heterocycles. The highest BCUT2D eigenvalue weighted by molar-refractivity contribution is 9.08. The van der Waals surface area contributed by atoms with E-state index < -0.39 is 0 Å². The lowest BCUT2D eigenvalue weighted by Gasteiger charge is -2.05. The summed E-state index contributed by atoms with van der Waals surface area (Å²) in [5.74, 6) is 0. The van der Waals surface area contributed by atoms with Gasteiger partial charge in [0.25, 0.3) is 0 Å². The largest absolute Gasteiger partial charge is 0.0876 e. The summed E-state index contributed by atoms with van der Waals surface area (Å²) < 4.78 is 0. The smallest absolute Gasteiger partial charge is 0.0487 e. The van der Waals surface area contributed by atoms with E-state index in [0.29, 0.717) is 0 Å². The van der Waals surface area contributed by atoms with Gasteiger partial charge in [0, 0.05) is 26.5 Å². The number of alkyl halides is 1. The molecule has 0 spiro atoms. The minimum absolute atomic E-state index is 0.804. The summed E-state index contributed by atoms with van der Waals surface area (Å²) >= 11 is 15.8. The molecular formula is C26H21BrCl2. The second kappa shape index (κ2) is 10.6. The van der Waals surface area contributed by atoms with Crippen molar-refractivity contribution in [3.05, 3.63) is 118 Å². The first-order valence-corrected chi connectivity index (χ1v) is 11.2. The van der Waals surface area contributed by atoms with Gasteiger partial charge in [-0.1, -0.05) is 124 Å². The fraction of sp³-hybridized carbons (Fsp3) is 0.0769. The predicted octanol–water partition coefficient (Wildman–Crippen LogP) is 9.22. The summed E-state index contributed by atoms with van der Waals surface area (Å²) in [4.78, 5) is 0. The standard InChI is InChI=1S/C13H10BrCl.C13H11Cl/c14-9-10-6-7-12(13(15)8-10)11-4-2-1-3-5-11;1-10-7-8-12(13(14)9-10)11-5-3-2-4-6-11/h1-8H,9H2;2-9H,1H3. The summed E-state index contributed by atoms with van der Waals surface area (Å²) in [5, 5.41) is 2.45. The molecule has 0 amide bonds. The molecule has 4 aromatic rings. The lowest BCUT2D eigenvalue weighted by atomic mass is 10.0. The van der Waals surface area contributed by atoms with Crippen LogP contribution in [0.15, 0.2) is 97.1 Å². The van der Waals surface area contributed by atoms with Crippen LogP contribution in [-0.2, 0) is 5.33 Å². The van der Waals surface area contributed by atoms with Gasteiger partial charge in [-0.15, -0.1) is 0 Å². The first-order chi connectivity index (χ1) is 14.1. The summed E-state index contributed by atoms with van der Waals surface area (Å²) in [6.07, 6.45) is 0. The average Bonchev–Trinajstić information content (AvgIpc) is 2.75. The van der Waals surface area contributed by atoms with Crippen molar-refractivity contribution in [3.8, 4) is 22.3 Å². The number of rotatable bonds is 3. The maximum Gasteiger partial charge on any atom is 0.0487 e. The molecule has 0 nitrogen and oxygen atoms in total. The minimum Gasteiger partial charge on any atom is -0.0876 e. The second-order valence-electron chi connectivity index (χ2n) is 6.66. The fourth-order valence-corrected chi connectivity index (χ4v) is 3.97. The topological polar surface area (TPSA) is 0 Å². The Morgan fingerprint density at radius 3 is 1.55 bits per heavy atom. The lowest BCUT2D eigenvalue weighted by Crippen LogP contribution is -1.82. The van der Waals surface area contributed by atoms with Crippen LogP contribution in [0.3, 0.4) is 0 Å². The summed E-state index contributed by atoms with van der Waals surface area (Å²) in [6.45, 7) is 2.04. The SMILES string of the molecule is Cc1ccc(-c2ccccc2)c(Cl)c1.Clc1cc(CBr)ccc1-c1ccccc1. The molecule has 0 N–H and O–H groups in total. The van der Waals surface area contributed by atoms with Gasteiger partial charge in [-0.2, -0.15) is 0 Å². The molecule has 146 valence electrons. The van der Waals surface area contributed by atoms with E-state index in [1.54, 1.807) is 0 Å². The van der Waals surface area contributed by atoms with Crippen LogP contribution in [0.25, 0.3) is 22.3 Å². The highest BCUT2D eigenvalue weighted by Crippen LogP contribution is 2.29. The molecule has 29 heavy (non-hydrogen) atoms. The molecule has 0 aliphatic rings. The zero-order valence-electron chi connectivity index (χ0n) is 16.1. The van der Waals surface area contributed by atoms with Crippen LogP contribution in [0.1, 0.15) is 11.1 Å². The molecule has 0 saturated carbocycles. The monoisotopic (exact) mass is 482 g/mol. The van der Waals surface area contributed by atoms with E-state index in [0.717, 1.165) is 37.6 Å². The fourth-order valence-electron chi connectivity index (χ4n) is 2.97. The Labute approximate surface area is 191 Å². The van der Waals surface area contributed by atoms with Crippen molar-refractivity contribution < 1.29 is 0 Å². The molecule has 4 rings (SSSR count). The quantitative estimate of drug-likeness (QED) is 0.254. The number of hydrogen-bond donors (Lipinski definition) is 0. The third-order valence-electron chi connectivity index (χ3n) is 4.48. The highest BCUT2D eigenvalue weighted by Gasteiger charge is 2.03. The van der Waals surface area contributed by atoms with Gasteiger partial charge >= 0.3 is 0 Å². The molecule has 0 bridgehead atoms. The molecular weight excluding hydrogens is 463 g/mol. The Kier molecular flexibility index (Phi) is 7.94. The van der Waals surface area contributed by atoms with Crippen LogP contribution in [0.5, 0.6) is 0 Å². The van der Waals surface area contributed by atoms with Crippen LogP contribution in [0, 0.1) is 6.92 Å². The van der Waals surface area contributed by atoms with Crippen molar-refractivity contribution in [1.29, 1.82) is 0 Å². The predicted molar refractivity (Wildman–Crippen MR) is 131 cm³/mol. The maximum absolute atomic E-state index is 6.22. The van der Waals surface area contributed by atoms with Gasteiger partial charge in [0.05, 0.1) is 0 Å². The van der Waals surface area contributed by atoms with Crippen LogP contribution < -0.4 is 0 Å². The molecule has 0 radical (unpaired) electrons. The van der Waals surface area contributed by atoms with E-state index in [9.17, 15) is 0 Å². The van der Waals surface area contributed by atoms with Crippen molar-refractivity contribution >= 4 is 39.1 Å². The van der Waals surface area contributed by atoms with Crippen LogP contribution in [-0.4, -0.2) is 0 Å². The first kappa shape index (κ1) is 21.6. The van der Waals surface area contributed by atoms with Crippen molar-refractivity contribution in [1.82, 2.24) is 0 Å². The van der Waals surface area contributed by atoms with Gasteiger partial charge < -0.3 is 0 Å². The number of aryl methyl sites for hydroxylation is 1. The van der Waals surface area contributed by atoms with E-state index in [2.05, 4.69) is 64.5 Å². The van der Waals surface area contributed by atoms with Crippen molar-refractivity contribution in [2.24, 2.45) is 0 Å². The van der Waals surface area contributed by atoms with Crippen molar-refractivity contribution in [2.75, 3.05) is 0 Å². The summed E-state index contributed by atoms with van der Waals surface area (Å²) in [6, 6.07) is 32.6. The van der Waals surface area contributed by atoms with Crippen molar-refractivity contribution in [3.63, 3.8) is 0 Å². The summed E-state index contributed by atoms with van der Waals surface area (Å²) in [7, 11) is 0. The minimum atomic E-state index is 0.804. The zero-order chi connectivity index (χ0) is 20.6. The third-order valence-corrected chi connectivity index (χ3v) is 5.75. The van der Waals surface area contributed by atoms with Gasteiger partial charge in [0.2, 0.25) is 0 Å². The molecule has 0 unspecified atom stereocenters. The first-order valence-electron chi connectivity index (χ1n) is 9.30. The molecule has 3 heteroatoms. The number of benzene rings is 4. The van der Waals surface area contributed by atoms with Crippen LogP contribution in [0.2, 0.25) is 10.0 Å². The summed E-state index contributed by atoms with van der Waals surface area (Å²) in [5.41, 5.74) is 6.88. The van der Waals surface area contributed by atoms with Gasteiger partial charge in [0.1, 0.15) is 0 Å². The van der Waals surface area contributed by atoms with E-state index in [-0.39, 0.29) is 0 Å². The zero-order valence-corrected chi connectivity index (χ0v) is 19.2. The van der Waals surface area contributed by atoms with Crippen LogP contribution in [0.4, 0.5) is 0 Å². The van der Waals surface area contributed by atoms with E-state index >= 15 is 0 Å². The van der Waals surface area contributed by atoms with E-state index in [1.807, 2.05) is 55.5 Å². The second-order valence-corrected chi connectivity index (χ2v) is 8.04. The van der Waals surface area contributed by atoms with E-state index in [4.69, 9.17) is 23.2 Å². The van der Waals surface area contributed by atoms with Gasteiger partial charge in [-0.05, 0) is 41.3 Å². The van der Waals surface area contributed by atoms with Gasteiger partial charge in [-0.25, -0.2) is 0 Å². The van der Waals surface area contributed by atoms with Gasteiger partial charge in [-0.3, -0.25) is 0 Å². The third kappa shape index (κ3) is 5.96. The molecule has 4 aromatic carbocycles. The maximum atomic E-state index is 6.22. The van der Waals surface area contributed by atoms with E-state index in [1.165, 1.54) is 11.1 Å². The molecule has 0 saturated heterocycles.